The summed E-state index contributed by atoms with van der Waals surface area (Å²) in [6.07, 6.45) is 3.43. The highest BCUT2D eigenvalue weighted by Gasteiger charge is 1.96. The standard InChI is InChI=1S/C7H6N2S/c1-5-2-6-7(10-5)3-8-4-9-6/h2-4H,1H3. The van der Waals surface area contributed by atoms with Gasteiger partial charge in [-0.3, -0.25) is 0 Å². The number of rotatable bonds is 0. The van der Waals surface area contributed by atoms with Crippen molar-refractivity contribution in [2.75, 3.05) is 0 Å². The molecule has 0 fully saturated rings. The molecule has 0 bridgehead atoms. The summed E-state index contributed by atoms with van der Waals surface area (Å²) in [5.74, 6) is 0. The summed E-state index contributed by atoms with van der Waals surface area (Å²) in [6.45, 7) is 2.08. The molecule has 0 amide bonds. The summed E-state index contributed by atoms with van der Waals surface area (Å²) < 4.78 is 1.17. The Morgan fingerprint density at radius 1 is 1.50 bits per heavy atom. The van der Waals surface area contributed by atoms with Crippen LogP contribution in [0.25, 0.3) is 10.2 Å². The fourth-order valence-electron chi connectivity index (χ4n) is 0.909. The number of thiophene rings is 1. The van der Waals surface area contributed by atoms with Crippen LogP contribution in [0.3, 0.4) is 0 Å². The average molecular weight is 150 g/mol. The summed E-state index contributed by atoms with van der Waals surface area (Å²) in [7, 11) is 0. The van der Waals surface area contributed by atoms with E-state index in [1.54, 1.807) is 17.7 Å². The minimum atomic E-state index is 1.05. The lowest BCUT2D eigenvalue weighted by molar-refractivity contribution is 1.23. The van der Waals surface area contributed by atoms with Gasteiger partial charge in [0.05, 0.1) is 10.2 Å². The monoisotopic (exact) mass is 150 g/mol. The largest absolute Gasteiger partial charge is 0.243 e. The molecule has 0 saturated carbocycles. The Morgan fingerprint density at radius 3 is 3.20 bits per heavy atom. The molecule has 2 heterocycles. The normalized spacial score (nSPS) is 10.5. The molecule has 0 unspecified atom stereocenters. The van der Waals surface area contributed by atoms with Gasteiger partial charge in [-0.1, -0.05) is 0 Å². The van der Waals surface area contributed by atoms with E-state index in [1.807, 2.05) is 6.20 Å². The van der Waals surface area contributed by atoms with Crippen molar-refractivity contribution in [2.24, 2.45) is 0 Å². The second kappa shape index (κ2) is 2.02. The molecule has 3 heteroatoms. The van der Waals surface area contributed by atoms with Crippen molar-refractivity contribution >= 4 is 21.6 Å². The van der Waals surface area contributed by atoms with E-state index in [0.29, 0.717) is 0 Å². The Labute approximate surface area is 62.6 Å². The first kappa shape index (κ1) is 5.80. The summed E-state index contributed by atoms with van der Waals surface area (Å²) in [5, 5.41) is 0. The zero-order valence-corrected chi connectivity index (χ0v) is 6.35. The van der Waals surface area contributed by atoms with Crippen molar-refractivity contribution in [1.29, 1.82) is 0 Å². The van der Waals surface area contributed by atoms with Gasteiger partial charge in [0.15, 0.2) is 0 Å². The van der Waals surface area contributed by atoms with Crippen molar-refractivity contribution in [3.63, 3.8) is 0 Å². The lowest BCUT2D eigenvalue weighted by Gasteiger charge is -1.81. The van der Waals surface area contributed by atoms with E-state index in [2.05, 4.69) is 23.0 Å². The third-order valence-corrected chi connectivity index (χ3v) is 2.29. The number of aromatic nitrogens is 2. The molecule has 50 valence electrons. The van der Waals surface area contributed by atoms with Gasteiger partial charge in [-0.05, 0) is 13.0 Å². The maximum Gasteiger partial charge on any atom is 0.116 e. The van der Waals surface area contributed by atoms with Crippen LogP contribution in [0.2, 0.25) is 0 Å². The molecule has 0 spiro atoms. The van der Waals surface area contributed by atoms with Crippen molar-refractivity contribution < 1.29 is 0 Å². The van der Waals surface area contributed by atoms with E-state index in [-0.39, 0.29) is 0 Å². The lowest BCUT2D eigenvalue weighted by atomic mass is 10.4. The van der Waals surface area contributed by atoms with Gasteiger partial charge in [0.2, 0.25) is 0 Å². The molecule has 0 radical (unpaired) electrons. The maximum absolute atomic E-state index is 4.10. The first-order chi connectivity index (χ1) is 4.86. The number of hydrogen-bond acceptors (Lipinski definition) is 3. The SMILES string of the molecule is Cc1cc2ncncc2s1. The van der Waals surface area contributed by atoms with Gasteiger partial charge in [-0.2, -0.15) is 0 Å². The third kappa shape index (κ3) is 0.789. The molecule has 2 nitrogen and oxygen atoms in total. The minimum absolute atomic E-state index is 1.05. The maximum atomic E-state index is 4.10. The minimum Gasteiger partial charge on any atom is -0.243 e. The number of aryl methyl sites for hydroxylation is 1. The topological polar surface area (TPSA) is 25.8 Å². The number of hydrogen-bond donors (Lipinski definition) is 0. The van der Waals surface area contributed by atoms with Crippen molar-refractivity contribution in [3.05, 3.63) is 23.5 Å². The van der Waals surface area contributed by atoms with E-state index in [0.717, 1.165) is 5.52 Å². The average Bonchev–Trinajstić information content (AvgIpc) is 2.27. The predicted molar refractivity (Wildman–Crippen MR) is 42.2 cm³/mol. The van der Waals surface area contributed by atoms with Crippen LogP contribution in [0, 0.1) is 6.92 Å². The van der Waals surface area contributed by atoms with Crippen molar-refractivity contribution in [3.8, 4) is 0 Å². The van der Waals surface area contributed by atoms with Gasteiger partial charge < -0.3 is 0 Å². The smallest absolute Gasteiger partial charge is 0.116 e. The van der Waals surface area contributed by atoms with Crippen LogP contribution in [0.5, 0.6) is 0 Å². The highest BCUT2D eigenvalue weighted by Crippen LogP contribution is 2.20. The first-order valence-corrected chi connectivity index (χ1v) is 3.84. The van der Waals surface area contributed by atoms with Crippen LogP contribution >= 0.6 is 11.3 Å². The lowest BCUT2D eigenvalue weighted by Crippen LogP contribution is -1.72. The van der Waals surface area contributed by atoms with E-state index in [1.165, 1.54) is 9.58 Å². The fourth-order valence-corrected chi connectivity index (χ4v) is 1.76. The van der Waals surface area contributed by atoms with Crippen LogP contribution in [-0.2, 0) is 0 Å². The van der Waals surface area contributed by atoms with Gasteiger partial charge in [-0.25, -0.2) is 9.97 Å². The fraction of sp³-hybridized carbons (Fsp3) is 0.143. The van der Waals surface area contributed by atoms with Crippen LogP contribution in [-0.4, -0.2) is 9.97 Å². The third-order valence-electron chi connectivity index (χ3n) is 1.32. The highest BCUT2D eigenvalue weighted by atomic mass is 32.1. The molecule has 0 saturated heterocycles. The number of nitrogens with zero attached hydrogens (tertiary/aromatic N) is 2. The molecule has 0 N–H and O–H groups in total. The van der Waals surface area contributed by atoms with E-state index >= 15 is 0 Å². The van der Waals surface area contributed by atoms with Gasteiger partial charge in [0, 0.05) is 11.1 Å². The van der Waals surface area contributed by atoms with Crippen LogP contribution in [0.1, 0.15) is 4.88 Å². The molecule has 10 heavy (non-hydrogen) atoms. The molecule has 0 atom stereocenters. The van der Waals surface area contributed by atoms with E-state index < -0.39 is 0 Å². The second-order valence-electron chi connectivity index (χ2n) is 2.13. The van der Waals surface area contributed by atoms with Gasteiger partial charge >= 0.3 is 0 Å². The number of fused-ring (bicyclic) bond motifs is 1. The molecule has 2 aromatic heterocycles. The van der Waals surface area contributed by atoms with E-state index in [9.17, 15) is 0 Å². The van der Waals surface area contributed by atoms with E-state index in [4.69, 9.17) is 0 Å². The zero-order valence-electron chi connectivity index (χ0n) is 5.53. The molecule has 2 aromatic rings. The van der Waals surface area contributed by atoms with Crippen molar-refractivity contribution in [2.45, 2.75) is 6.92 Å². The van der Waals surface area contributed by atoms with Crippen molar-refractivity contribution in [1.82, 2.24) is 9.97 Å². The zero-order chi connectivity index (χ0) is 6.97. The Kier molecular flexibility index (Phi) is 1.17. The van der Waals surface area contributed by atoms with Crippen LogP contribution < -0.4 is 0 Å². The Hall–Kier alpha value is -0.960. The van der Waals surface area contributed by atoms with Crippen LogP contribution in [0.15, 0.2) is 18.6 Å². The highest BCUT2D eigenvalue weighted by molar-refractivity contribution is 7.18. The van der Waals surface area contributed by atoms with Gasteiger partial charge in [-0.15, -0.1) is 11.3 Å². The second-order valence-corrected chi connectivity index (χ2v) is 3.42. The molecule has 0 aromatic carbocycles. The molecular formula is C7H6N2S. The summed E-state index contributed by atoms with van der Waals surface area (Å²) in [4.78, 5) is 9.31. The first-order valence-electron chi connectivity index (χ1n) is 3.02. The van der Waals surface area contributed by atoms with Crippen LogP contribution in [0.4, 0.5) is 0 Å². The molecular weight excluding hydrogens is 144 g/mol. The summed E-state index contributed by atoms with van der Waals surface area (Å²) in [6, 6.07) is 2.07. The summed E-state index contributed by atoms with van der Waals surface area (Å²) in [5.41, 5.74) is 1.05. The Bertz CT molecular complexity index is 320. The molecule has 0 aliphatic heterocycles. The Balaban J connectivity index is 2.88. The molecule has 2 rings (SSSR count). The van der Waals surface area contributed by atoms with Gasteiger partial charge in [0.1, 0.15) is 6.33 Å². The quantitative estimate of drug-likeness (QED) is 0.574. The predicted octanol–water partition coefficient (Wildman–Crippen LogP) is 2.00. The van der Waals surface area contributed by atoms with Gasteiger partial charge in [0.25, 0.3) is 0 Å². The summed E-state index contributed by atoms with van der Waals surface area (Å²) >= 11 is 1.73. The Morgan fingerprint density at radius 2 is 2.40 bits per heavy atom. The molecule has 0 aliphatic carbocycles. The molecule has 0 aliphatic rings.